The van der Waals surface area contributed by atoms with Crippen molar-refractivity contribution < 1.29 is 14.7 Å². The quantitative estimate of drug-likeness (QED) is 0.855. The van der Waals surface area contributed by atoms with Crippen molar-refractivity contribution in [1.29, 1.82) is 0 Å². The molecule has 0 radical (unpaired) electrons. The maximum Gasteiger partial charge on any atom is 0.327 e. The molecule has 5 nitrogen and oxygen atoms in total. The number of carbonyl (C=O) groups excluding carboxylic acids is 1. The molecule has 2 rings (SSSR count). The summed E-state index contributed by atoms with van der Waals surface area (Å²) in [5.74, 6) is -0.651. The lowest BCUT2D eigenvalue weighted by molar-refractivity contribution is -0.141. The van der Waals surface area contributed by atoms with E-state index in [4.69, 9.17) is 28.3 Å². The largest absolute Gasteiger partial charge is 0.480 e. The normalized spacial score (nSPS) is 21.4. The van der Waals surface area contributed by atoms with Gasteiger partial charge in [0.2, 0.25) is 0 Å². The molecule has 1 fully saturated rings. The van der Waals surface area contributed by atoms with Gasteiger partial charge in [-0.1, -0.05) is 23.2 Å². The first-order valence-corrected chi connectivity index (χ1v) is 8.01. The van der Waals surface area contributed by atoms with Crippen LogP contribution in [0.4, 0.5) is 10.5 Å². The van der Waals surface area contributed by atoms with Gasteiger partial charge in [-0.15, -0.1) is 11.8 Å². The Morgan fingerprint density at radius 2 is 2.05 bits per heavy atom. The number of thioether (sulfide) groups is 1. The lowest BCUT2D eigenvalue weighted by Gasteiger charge is -2.25. The van der Waals surface area contributed by atoms with Gasteiger partial charge in [-0.2, -0.15) is 0 Å². The van der Waals surface area contributed by atoms with Gasteiger partial charge < -0.3 is 10.4 Å². The highest BCUT2D eigenvalue weighted by molar-refractivity contribution is 8.00. The third-order valence-electron chi connectivity index (χ3n) is 3.23. The second kappa shape index (κ2) is 6.34. The first-order valence-electron chi connectivity index (χ1n) is 6.20. The van der Waals surface area contributed by atoms with Crippen LogP contribution in [0.1, 0.15) is 12.5 Å². The number of carboxylic acids is 1. The molecule has 0 spiro atoms. The van der Waals surface area contributed by atoms with Crippen LogP contribution in [0.2, 0.25) is 10.0 Å². The summed E-state index contributed by atoms with van der Waals surface area (Å²) < 4.78 is 0. The highest BCUT2D eigenvalue weighted by Gasteiger charge is 2.39. The number of hydrogen-bond acceptors (Lipinski definition) is 3. The first kappa shape index (κ1) is 16.3. The summed E-state index contributed by atoms with van der Waals surface area (Å²) in [7, 11) is 0. The van der Waals surface area contributed by atoms with Crippen molar-refractivity contribution in [3.63, 3.8) is 0 Å². The molecule has 21 heavy (non-hydrogen) atoms. The molecule has 2 N–H and O–H groups in total. The monoisotopic (exact) mass is 348 g/mol. The lowest BCUT2D eigenvalue weighted by atomic mass is 10.2. The van der Waals surface area contributed by atoms with Crippen molar-refractivity contribution in [3.8, 4) is 0 Å². The highest BCUT2D eigenvalue weighted by Crippen LogP contribution is 2.32. The van der Waals surface area contributed by atoms with Gasteiger partial charge in [0.25, 0.3) is 0 Å². The lowest BCUT2D eigenvalue weighted by Crippen LogP contribution is -2.46. The fourth-order valence-electron chi connectivity index (χ4n) is 2.06. The van der Waals surface area contributed by atoms with E-state index in [2.05, 4.69) is 5.32 Å². The molecule has 1 aliphatic rings. The molecular formula is C13H14Cl2N2O3S. The van der Waals surface area contributed by atoms with Gasteiger partial charge in [0.1, 0.15) is 6.04 Å². The molecule has 1 aromatic carbocycles. The molecule has 0 saturated carbocycles. The van der Waals surface area contributed by atoms with Crippen LogP contribution in [0.3, 0.4) is 0 Å². The van der Waals surface area contributed by atoms with Crippen LogP contribution in [-0.2, 0) is 4.79 Å². The van der Waals surface area contributed by atoms with Crippen molar-refractivity contribution in [1.82, 2.24) is 4.90 Å². The molecule has 2 unspecified atom stereocenters. The van der Waals surface area contributed by atoms with Crippen LogP contribution in [0, 0.1) is 6.92 Å². The van der Waals surface area contributed by atoms with Crippen LogP contribution in [-0.4, -0.2) is 39.2 Å². The Bertz CT molecular complexity index is 597. The van der Waals surface area contributed by atoms with E-state index >= 15 is 0 Å². The van der Waals surface area contributed by atoms with Crippen LogP contribution in [0.15, 0.2) is 12.1 Å². The summed E-state index contributed by atoms with van der Waals surface area (Å²) in [5, 5.41) is 12.4. The molecule has 114 valence electrons. The molecule has 2 atom stereocenters. The molecule has 1 aromatic rings. The fraction of sp³-hybridized carbons (Fsp3) is 0.385. The number of benzene rings is 1. The van der Waals surface area contributed by atoms with E-state index in [1.165, 1.54) is 16.7 Å². The van der Waals surface area contributed by atoms with Crippen molar-refractivity contribution in [2.45, 2.75) is 25.3 Å². The zero-order chi connectivity index (χ0) is 15.7. The number of carboxylic acid groups (broad SMARTS) is 1. The van der Waals surface area contributed by atoms with Crippen LogP contribution >= 0.6 is 35.0 Å². The molecule has 0 bridgehead atoms. The number of urea groups is 1. The van der Waals surface area contributed by atoms with Crippen LogP contribution in [0.5, 0.6) is 0 Å². The summed E-state index contributed by atoms with van der Waals surface area (Å²) in [6, 6.07) is 1.86. The Hall–Kier alpha value is -1.11. The number of aryl methyl sites for hydroxylation is 1. The minimum atomic E-state index is -1.02. The van der Waals surface area contributed by atoms with E-state index < -0.39 is 18.0 Å². The number of halogens is 2. The van der Waals surface area contributed by atoms with Crippen LogP contribution < -0.4 is 5.32 Å². The topological polar surface area (TPSA) is 69.6 Å². The Morgan fingerprint density at radius 1 is 1.38 bits per heavy atom. The first-order chi connectivity index (χ1) is 9.81. The highest BCUT2D eigenvalue weighted by atomic mass is 35.5. The van der Waals surface area contributed by atoms with Gasteiger partial charge in [0.05, 0.1) is 16.1 Å². The van der Waals surface area contributed by atoms with E-state index in [1.807, 2.05) is 0 Å². The molecule has 0 aromatic heterocycles. The van der Waals surface area contributed by atoms with Gasteiger partial charge >= 0.3 is 12.0 Å². The Morgan fingerprint density at radius 3 is 2.67 bits per heavy atom. The number of rotatable bonds is 2. The fourth-order valence-corrected chi connectivity index (χ4v) is 3.66. The maximum absolute atomic E-state index is 12.3. The summed E-state index contributed by atoms with van der Waals surface area (Å²) in [6.45, 7) is 3.59. The molecule has 8 heteroatoms. The summed E-state index contributed by atoms with van der Waals surface area (Å²) in [6.07, 6.45) is 0. The molecule has 0 aliphatic carbocycles. The molecular weight excluding hydrogens is 335 g/mol. The average molecular weight is 349 g/mol. The van der Waals surface area contributed by atoms with E-state index in [-0.39, 0.29) is 5.37 Å². The number of amides is 2. The number of carbonyl (C=O) groups is 2. The average Bonchev–Trinajstić information content (AvgIpc) is 2.78. The van der Waals surface area contributed by atoms with Crippen molar-refractivity contribution in [2.75, 3.05) is 11.1 Å². The van der Waals surface area contributed by atoms with E-state index in [0.717, 1.165) is 5.56 Å². The Balaban J connectivity index is 2.21. The van der Waals surface area contributed by atoms with Gasteiger partial charge in [0.15, 0.2) is 0 Å². The standard InChI is InChI=1S/C13H14Cl2N2O3S/c1-6-3-9(15)10(4-8(6)14)16-13(20)17-7(2)21-5-11(17)12(18)19/h3-4,7,11H,5H2,1-2H3,(H,16,20)(H,18,19). The second-order valence-corrected chi connectivity index (χ2v) is 6.87. The number of anilines is 1. The van der Waals surface area contributed by atoms with E-state index in [1.54, 1.807) is 26.0 Å². The third kappa shape index (κ3) is 3.39. The summed E-state index contributed by atoms with van der Waals surface area (Å²) in [4.78, 5) is 24.8. The zero-order valence-electron chi connectivity index (χ0n) is 11.4. The SMILES string of the molecule is Cc1cc(Cl)c(NC(=O)N2C(C)SCC2C(=O)O)cc1Cl. The predicted octanol–water partition coefficient (Wildman–Crippen LogP) is 3.68. The van der Waals surface area contributed by atoms with Crippen molar-refractivity contribution >= 4 is 52.7 Å². The third-order valence-corrected chi connectivity index (χ3v) is 5.17. The van der Waals surface area contributed by atoms with Gasteiger partial charge in [-0.3, -0.25) is 4.90 Å². The summed E-state index contributed by atoms with van der Waals surface area (Å²) >= 11 is 13.5. The van der Waals surface area contributed by atoms with Gasteiger partial charge in [-0.25, -0.2) is 9.59 Å². The van der Waals surface area contributed by atoms with Crippen molar-refractivity contribution in [2.24, 2.45) is 0 Å². The van der Waals surface area contributed by atoms with E-state index in [0.29, 0.717) is 21.5 Å². The second-order valence-electron chi connectivity index (χ2n) is 4.71. The number of hydrogen-bond donors (Lipinski definition) is 2. The van der Waals surface area contributed by atoms with Gasteiger partial charge in [0, 0.05) is 10.8 Å². The number of aliphatic carboxylic acids is 1. The van der Waals surface area contributed by atoms with Crippen molar-refractivity contribution in [3.05, 3.63) is 27.7 Å². The van der Waals surface area contributed by atoms with Crippen LogP contribution in [0.25, 0.3) is 0 Å². The Labute approximate surface area is 136 Å². The molecule has 1 saturated heterocycles. The maximum atomic E-state index is 12.3. The number of nitrogens with one attached hydrogen (secondary N) is 1. The Kier molecular flexibility index (Phi) is 4.91. The molecule has 1 aliphatic heterocycles. The smallest absolute Gasteiger partial charge is 0.327 e. The molecule has 1 heterocycles. The zero-order valence-corrected chi connectivity index (χ0v) is 13.7. The minimum absolute atomic E-state index is 0.217. The summed E-state index contributed by atoms with van der Waals surface area (Å²) in [5.41, 5.74) is 1.17. The minimum Gasteiger partial charge on any atom is -0.480 e. The van der Waals surface area contributed by atoms with E-state index in [9.17, 15) is 9.59 Å². The predicted molar refractivity (Wildman–Crippen MR) is 85.4 cm³/mol. The number of nitrogens with zero attached hydrogens (tertiary/aromatic N) is 1. The van der Waals surface area contributed by atoms with Gasteiger partial charge in [-0.05, 0) is 31.5 Å². The molecule has 2 amide bonds.